The van der Waals surface area contributed by atoms with Gasteiger partial charge < -0.3 is 15.1 Å². The second-order valence-electron chi connectivity index (χ2n) is 8.89. The van der Waals surface area contributed by atoms with Crippen molar-refractivity contribution < 1.29 is 18.4 Å². The van der Waals surface area contributed by atoms with Crippen LogP contribution >= 0.6 is 0 Å². The van der Waals surface area contributed by atoms with E-state index in [2.05, 4.69) is 10.6 Å². The van der Waals surface area contributed by atoms with Crippen molar-refractivity contribution in [3.63, 3.8) is 0 Å². The molecule has 5 nitrogen and oxygen atoms in total. The number of hydrogen-bond acceptors (Lipinski definition) is 3. The minimum absolute atomic E-state index is 0.0583. The van der Waals surface area contributed by atoms with E-state index in [4.69, 9.17) is 4.42 Å². The lowest BCUT2D eigenvalue weighted by atomic mass is 9.61. The molecular weight excluding hydrogens is 419 g/mol. The van der Waals surface area contributed by atoms with E-state index in [0.717, 1.165) is 5.56 Å². The van der Waals surface area contributed by atoms with Gasteiger partial charge in [0, 0.05) is 24.4 Å². The quantitative estimate of drug-likeness (QED) is 0.542. The fourth-order valence-corrected chi connectivity index (χ4v) is 4.71. The maximum absolute atomic E-state index is 14.4. The van der Waals surface area contributed by atoms with Gasteiger partial charge in [0.15, 0.2) is 0 Å². The molecule has 1 fully saturated rings. The van der Waals surface area contributed by atoms with Crippen LogP contribution in [0.1, 0.15) is 63.1 Å². The lowest BCUT2D eigenvalue weighted by molar-refractivity contribution is 0.0820. The summed E-state index contributed by atoms with van der Waals surface area (Å²) in [4.78, 5) is 25.5. The number of furan rings is 1. The van der Waals surface area contributed by atoms with Gasteiger partial charge in [-0.05, 0) is 49.9 Å². The van der Waals surface area contributed by atoms with Crippen molar-refractivity contribution in [1.82, 2.24) is 10.6 Å². The molecule has 1 heterocycles. The average Bonchev–Trinajstić information content (AvgIpc) is 3.18. The maximum Gasteiger partial charge on any atom is 0.254 e. The monoisotopic (exact) mass is 448 g/mol. The molecule has 2 N–H and O–H groups in total. The van der Waals surface area contributed by atoms with E-state index in [1.807, 2.05) is 44.2 Å². The fourth-order valence-electron chi connectivity index (χ4n) is 4.71. The first-order valence-corrected chi connectivity index (χ1v) is 11.3. The molecule has 4 rings (SSSR count). The summed E-state index contributed by atoms with van der Waals surface area (Å²) in [6.45, 7) is 5.87. The molecular formula is C27H29FN2O3. The summed E-state index contributed by atoms with van der Waals surface area (Å²) < 4.78 is 20.0. The highest BCUT2D eigenvalue weighted by molar-refractivity contribution is 5.96. The summed E-state index contributed by atoms with van der Waals surface area (Å²) >= 11 is 0. The van der Waals surface area contributed by atoms with Gasteiger partial charge in [0.25, 0.3) is 11.8 Å². The van der Waals surface area contributed by atoms with E-state index in [9.17, 15) is 14.0 Å². The van der Waals surface area contributed by atoms with Crippen LogP contribution in [0.4, 0.5) is 4.39 Å². The molecule has 33 heavy (non-hydrogen) atoms. The molecule has 0 atom stereocenters. The fraction of sp³-hybridized carbons (Fsp3) is 0.333. The van der Waals surface area contributed by atoms with Crippen LogP contribution < -0.4 is 10.6 Å². The number of amides is 2. The number of benzene rings is 2. The van der Waals surface area contributed by atoms with Gasteiger partial charge in [0.1, 0.15) is 17.3 Å². The van der Waals surface area contributed by atoms with Gasteiger partial charge in [-0.3, -0.25) is 9.59 Å². The SMILES string of the molecule is CCc1oc(C)cc1C(=O)NCC1(c2ccccc2)CC(NC(=O)c2cccc(C)c2F)C1. The van der Waals surface area contributed by atoms with E-state index in [-0.39, 0.29) is 22.9 Å². The zero-order chi connectivity index (χ0) is 23.6. The number of carbonyl (C=O) groups excluding carboxylic acids is 2. The molecule has 3 aromatic rings. The van der Waals surface area contributed by atoms with Gasteiger partial charge in [-0.15, -0.1) is 0 Å². The molecule has 1 aliphatic rings. The molecule has 0 unspecified atom stereocenters. The Morgan fingerprint density at radius 3 is 2.45 bits per heavy atom. The zero-order valence-corrected chi connectivity index (χ0v) is 19.2. The standard InChI is InChI=1S/C27H29FN2O3/c1-4-23-22(13-18(3)33-23)25(31)29-16-27(19-10-6-5-7-11-19)14-20(15-27)30-26(32)21-12-8-9-17(2)24(21)28/h5-13,20H,4,14-16H2,1-3H3,(H,29,31)(H,30,32). The van der Waals surface area contributed by atoms with E-state index in [0.29, 0.717) is 48.5 Å². The summed E-state index contributed by atoms with van der Waals surface area (Å²) in [5.41, 5.74) is 1.88. The minimum Gasteiger partial charge on any atom is -0.466 e. The van der Waals surface area contributed by atoms with E-state index < -0.39 is 11.7 Å². The van der Waals surface area contributed by atoms with Crippen molar-refractivity contribution in [2.75, 3.05) is 6.54 Å². The van der Waals surface area contributed by atoms with Crippen LogP contribution in [0.3, 0.4) is 0 Å². The van der Waals surface area contributed by atoms with E-state index >= 15 is 0 Å². The van der Waals surface area contributed by atoms with Crippen LogP contribution in [0.25, 0.3) is 0 Å². The Balaban J connectivity index is 1.47. The number of hydrogen-bond donors (Lipinski definition) is 2. The summed E-state index contributed by atoms with van der Waals surface area (Å²) in [6.07, 6.45) is 1.95. The predicted molar refractivity (Wildman–Crippen MR) is 125 cm³/mol. The molecule has 0 spiro atoms. The molecule has 1 aliphatic carbocycles. The van der Waals surface area contributed by atoms with Crippen LogP contribution in [0.15, 0.2) is 59.0 Å². The normalized spacial score (nSPS) is 19.6. The Hall–Kier alpha value is -3.41. The number of rotatable bonds is 7. The van der Waals surface area contributed by atoms with Crippen molar-refractivity contribution in [3.05, 3.63) is 94.2 Å². The van der Waals surface area contributed by atoms with Crippen LogP contribution in [0.5, 0.6) is 0 Å². The summed E-state index contributed by atoms with van der Waals surface area (Å²) in [7, 11) is 0. The Morgan fingerprint density at radius 2 is 1.76 bits per heavy atom. The van der Waals surface area contributed by atoms with Gasteiger partial charge in [0.2, 0.25) is 0 Å². The molecule has 6 heteroatoms. The third-order valence-corrected chi connectivity index (χ3v) is 6.52. The van der Waals surface area contributed by atoms with Crippen molar-refractivity contribution in [3.8, 4) is 0 Å². The highest BCUT2D eigenvalue weighted by Gasteiger charge is 2.46. The smallest absolute Gasteiger partial charge is 0.254 e. The molecule has 0 saturated heterocycles. The van der Waals surface area contributed by atoms with Gasteiger partial charge in [-0.2, -0.15) is 0 Å². The first-order chi connectivity index (χ1) is 15.8. The second kappa shape index (κ2) is 9.22. The zero-order valence-electron chi connectivity index (χ0n) is 19.2. The number of nitrogens with one attached hydrogen (secondary N) is 2. The summed E-state index contributed by atoms with van der Waals surface area (Å²) in [5.74, 6) is 0.335. The topological polar surface area (TPSA) is 71.3 Å². The van der Waals surface area contributed by atoms with Crippen LogP contribution in [0, 0.1) is 19.7 Å². The van der Waals surface area contributed by atoms with Crippen LogP contribution in [-0.4, -0.2) is 24.4 Å². The molecule has 2 amide bonds. The van der Waals surface area contributed by atoms with Crippen LogP contribution in [-0.2, 0) is 11.8 Å². The van der Waals surface area contributed by atoms with Crippen molar-refractivity contribution >= 4 is 11.8 Å². The molecule has 2 aromatic carbocycles. The van der Waals surface area contributed by atoms with E-state index in [1.165, 1.54) is 6.07 Å². The first kappa shape index (κ1) is 22.8. The van der Waals surface area contributed by atoms with Gasteiger partial charge >= 0.3 is 0 Å². The predicted octanol–water partition coefficient (Wildman–Crippen LogP) is 4.86. The van der Waals surface area contributed by atoms with E-state index in [1.54, 1.807) is 25.1 Å². The third-order valence-electron chi connectivity index (χ3n) is 6.52. The second-order valence-corrected chi connectivity index (χ2v) is 8.89. The molecule has 0 radical (unpaired) electrons. The summed E-state index contributed by atoms with van der Waals surface area (Å²) in [6, 6.07) is 16.5. The maximum atomic E-state index is 14.4. The van der Waals surface area contributed by atoms with Crippen molar-refractivity contribution in [2.24, 2.45) is 0 Å². The van der Waals surface area contributed by atoms with Crippen molar-refractivity contribution in [2.45, 2.75) is 51.5 Å². The highest BCUT2D eigenvalue weighted by Crippen LogP contribution is 2.43. The van der Waals surface area contributed by atoms with Crippen LogP contribution in [0.2, 0.25) is 0 Å². The number of aryl methyl sites for hydroxylation is 3. The third kappa shape index (κ3) is 4.56. The Labute approximate surface area is 193 Å². The Bertz CT molecular complexity index is 1160. The lowest BCUT2D eigenvalue weighted by Crippen LogP contribution is -2.57. The average molecular weight is 449 g/mol. The van der Waals surface area contributed by atoms with Gasteiger partial charge in [0.05, 0.1) is 11.1 Å². The molecule has 1 saturated carbocycles. The highest BCUT2D eigenvalue weighted by atomic mass is 19.1. The minimum atomic E-state index is -0.488. The lowest BCUT2D eigenvalue weighted by Gasteiger charge is -2.48. The number of halogens is 1. The summed E-state index contributed by atoms with van der Waals surface area (Å²) in [5, 5.41) is 6.04. The Morgan fingerprint density at radius 1 is 1.03 bits per heavy atom. The largest absolute Gasteiger partial charge is 0.466 e. The molecule has 172 valence electrons. The van der Waals surface area contributed by atoms with Gasteiger partial charge in [-0.25, -0.2) is 4.39 Å². The molecule has 0 bridgehead atoms. The molecule has 0 aliphatic heterocycles. The molecule has 1 aromatic heterocycles. The Kier molecular flexibility index (Phi) is 6.36. The van der Waals surface area contributed by atoms with Crippen molar-refractivity contribution in [1.29, 1.82) is 0 Å². The number of carbonyl (C=O) groups is 2. The first-order valence-electron chi connectivity index (χ1n) is 11.3. The van der Waals surface area contributed by atoms with Gasteiger partial charge in [-0.1, -0.05) is 49.4 Å².